The summed E-state index contributed by atoms with van der Waals surface area (Å²) < 4.78 is 3.40. The van der Waals surface area contributed by atoms with Gasteiger partial charge in [0.15, 0.2) is 0 Å². The van der Waals surface area contributed by atoms with Gasteiger partial charge in [-0.3, -0.25) is 14.5 Å². The minimum Gasteiger partial charge on any atom is -0.341 e. The van der Waals surface area contributed by atoms with Crippen LogP contribution in [-0.2, 0) is 22.7 Å². The molecule has 0 spiro atoms. The summed E-state index contributed by atoms with van der Waals surface area (Å²) in [5.41, 5.74) is 4.98. The Balaban J connectivity index is 1.09. The van der Waals surface area contributed by atoms with Crippen LogP contribution in [0.4, 0.5) is 0 Å². The molecule has 1 aromatic heterocycles. The molecular weight excluding hydrogens is 550 g/mol. The minimum atomic E-state index is -0.0475. The van der Waals surface area contributed by atoms with Crippen LogP contribution < -0.4 is 0 Å². The monoisotopic (exact) mass is 585 g/mol. The summed E-state index contributed by atoms with van der Waals surface area (Å²) in [6.07, 6.45) is 2.89. The van der Waals surface area contributed by atoms with E-state index >= 15 is 0 Å². The Morgan fingerprint density at radius 2 is 1.59 bits per heavy atom. The van der Waals surface area contributed by atoms with Gasteiger partial charge in [0.25, 0.3) is 0 Å². The van der Waals surface area contributed by atoms with Gasteiger partial charge in [-0.15, -0.1) is 0 Å². The minimum absolute atomic E-state index is 0.0475. The van der Waals surface area contributed by atoms with Gasteiger partial charge in [0, 0.05) is 84.3 Å². The molecule has 1 saturated carbocycles. The fourth-order valence-electron chi connectivity index (χ4n) is 6.15. The summed E-state index contributed by atoms with van der Waals surface area (Å²) in [5.74, 6) is 0.660. The zero-order valence-electron chi connectivity index (χ0n) is 22.6. The van der Waals surface area contributed by atoms with Crippen molar-refractivity contribution in [3.63, 3.8) is 0 Å². The van der Waals surface area contributed by atoms with Crippen molar-refractivity contribution in [2.24, 2.45) is 5.92 Å². The zero-order valence-corrected chi connectivity index (χ0v) is 24.2. The highest BCUT2D eigenvalue weighted by Crippen LogP contribution is 2.35. The molecule has 2 aliphatic rings. The van der Waals surface area contributed by atoms with E-state index in [1.807, 2.05) is 17.0 Å². The van der Waals surface area contributed by atoms with Gasteiger partial charge >= 0.3 is 0 Å². The largest absolute Gasteiger partial charge is 0.341 e. The second kappa shape index (κ2) is 11.3. The first-order valence-corrected chi connectivity index (χ1v) is 15.1. The number of halogens is 1. The second-order valence-corrected chi connectivity index (χ2v) is 12.1. The molecule has 1 aliphatic heterocycles. The van der Waals surface area contributed by atoms with Crippen molar-refractivity contribution < 1.29 is 9.59 Å². The molecule has 2 fully saturated rings. The van der Waals surface area contributed by atoms with Crippen LogP contribution in [0.3, 0.4) is 0 Å². The number of aryl methyl sites for hydroxylation is 1. The summed E-state index contributed by atoms with van der Waals surface area (Å²) in [7, 11) is 0. The van der Waals surface area contributed by atoms with Gasteiger partial charge in [-0.1, -0.05) is 52.3 Å². The topological polar surface area (TPSA) is 45.5 Å². The van der Waals surface area contributed by atoms with Gasteiger partial charge in [-0.2, -0.15) is 0 Å². The van der Waals surface area contributed by atoms with Crippen LogP contribution in [-0.4, -0.2) is 52.2 Å². The molecule has 3 aromatic carbocycles. The lowest BCUT2D eigenvalue weighted by Crippen LogP contribution is -2.48. The highest BCUT2D eigenvalue weighted by Gasteiger charge is 2.33. The summed E-state index contributed by atoms with van der Waals surface area (Å²) in [4.78, 5) is 30.5. The van der Waals surface area contributed by atoms with E-state index in [2.05, 4.69) is 86.9 Å². The van der Waals surface area contributed by atoms with E-state index in [1.54, 1.807) is 0 Å². The SMILES string of the molecule is CCn1c2ccccc2c2cc(CN3CCN(C(=O)CC(CC(=O)C4CC4)c4ccc(Br)cc4)CC3)ccc21. The van der Waals surface area contributed by atoms with Crippen molar-refractivity contribution in [2.45, 2.75) is 51.6 Å². The molecule has 4 aromatic rings. The maximum Gasteiger partial charge on any atom is 0.223 e. The van der Waals surface area contributed by atoms with Gasteiger partial charge in [-0.25, -0.2) is 0 Å². The Kier molecular flexibility index (Phi) is 7.59. The first kappa shape index (κ1) is 26.3. The Bertz CT molecular complexity index is 1500. The lowest BCUT2D eigenvalue weighted by Gasteiger charge is -2.35. The van der Waals surface area contributed by atoms with E-state index < -0.39 is 0 Å². The molecule has 1 aliphatic carbocycles. The van der Waals surface area contributed by atoms with E-state index in [-0.39, 0.29) is 17.7 Å². The summed E-state index contributed by atoms with van der Waals surface area (Å²) >= 11 is 3.50. The third-order valence-corrected chi connectivity index (χ3v) is 9.06. The van der Waals surface area contributed by atoms with Crippen LogP contribution in [0, 0.1) is 5.92 Å². The van der Waals surface area contributed by atoms with Gasteiger partial charge in [0.05, 0.1) is 0 Å². The van der Waals surface area contributed by atoms with E-state index in [0.29, 0.717) is 18.6 Å². The molecule has 2 heterocycles. The summed E-state index contributed by atoms with van der Waals surface area (Å²) in [5, 5.41) is 2.63. The van der Waals surface area contributed by atoms with Crippen LogP contribution >= 0.6 is 15.9 Å². The normalized spacial score (nSPS) is 17.1. The lowest BCUT2D eigenvalue weighted by atomic mass is 9.89. The molecule has 1 saturated heterocycles. The van der Waals surface area contributed by atoms with Crippen LogP contribution in [0.15, 0.2) is 71.2 Å². The molecule has 6 rings (SSSR count). The third-order valence-electron chi connectivity index (χ3n) is 8.53. The number of piperazine rings is 1. The van der Waals surface area contributed by atoms with Crippen LogP contribution in [0.5, 0.6) is 0 Å². The molecule has 1 unspecified atom stereocenters. The van der Waals surface area contributed by atoms with Gasteiger partial charge < -0.3 is 9.47 Å². The summed E-state index contributed by atoms with van der Waals surface area (Å²) in [6.45, 7) is 7.25. The van der Waals surface area contributed by atoms with Gasteiger partial charge in [0.2, 0.25) is 5.91 Å². The van der Waals surface area contributed by atoms with Crippen LogP contribution in [0.2, 0.25) is 0 Å². The number of hydrogen-bond donors (Lipinski definition) is 0. The van der Waals surface area contributed by atoms with Crippen molar-refractivity contribution in [3.05, 3.63) is 82.3 Å². The number of benzene rings is 3. The number of ketones is 1. The van der Waals surface area contributed by atoms with Crippen molar-refractivity contribution >= 4 is 49.4 Å². The molecule has 6 heteroatoms. The predicted molar refractivity (Wildman–Crippen MR) is 161 cm³/mol. The number of rotatable bonds is 9. The van der Waals surface area contributed by atoms with Crippen molar-refractivity contribution in [1.82, 2.24) is 14.4 Å². The average molecular weight is 587 g/mol. The smallest absolute Gasteiger partial charge is 0.223 e. The summed E-state index contributed by atoms with van der Waals surface area (Å²) in [6, 6.07) is 23.6. The highest BCUT2D eigenvalue weighted by atomic mass is 79.9. The Labute approximate surface area is 238 Å². The maximum atomic E-state index is 13.4. The number of aromatic nitrogens is 1. The van der Waals surface area contributed by atoms with Crippen LogP contribution in [0.25, 0.3) is 21.8 Å². The van der Waals surface area contributed by atoms with E-state index in [9.17, 15) is 9.59 Å². The fraction of sp³-hybridized carbons (Fsp3) is 0.394. The number of hydrogen-bond acceptors (Lipinski definition) is 3. The molecular formula is C33H36BrN3O2. The number of nitrogens with zero attached hydrogens (tertiary/aromatic N) is 3. The van der Waals surface area contributed by atoms with E-state index in [0.717, 1.165) is 62.1 Å². The first-order chi connectivity index (χ1) is 19.0. The fourth-order valence-corrected chi connectivity index (χ4v) is 6.42. The van der Waals surface area contributed by atoms with Gasteiger partial charge in [0.1, 0.15) is 5.78 Å². The van der Waals surface area contributed by atoms with Gasteiger partial charge in [-0.05, 0) is 67.1 Å². The molecule has 1 amide bonds. The maximum absolute atomic E-state index is 13.4. The molecule has 202 valence electrons. The first-order valence-electron chi connectivity index (χ1n) is 14.3. The number of para-hydroxylation sites is 1. The molecule has 0 N–H and O–H groups in total. The zero-order chi connectivity index (χ0) is 26.9. The number of carbonyl (C=O) groups excluding carboxylic acids is 2. The number of amides is 1. The van der Waals surface area contributed by atoms with E-state index in [4.69, 9.17) is 0 Å². The Morgan fingerprint density at radius 3 is 2.31 bits per heavy atom. The molecule has 0 radical (unpaired) electrons. The van der Waals surface area contributed by atoms with Crippen molar-refractivity contribution in [1.29, 1.82) is 0 Å². The second-order valence-electron chi connectivity index (χ2n) is 11.2. The van der Waals surface area contributed by atoms with Crippen LogP contribution in [0.1, 0.15) is 49.7 Å². The number of Topliss-reactive ketones (excluding diaryl/α,β-unsaturated/α-hetero) is 1. The Hall–Kier alpha value is -2.96. The van der Waals surface area contributed by atoms with Crippen molar-refractivity contribution in [2.75, 3.05) is 26.2 Å². The van der Waals surface area contributed by atoms with Crippen molar-refractivity contribution in [3.8, 4) is 0 Å². The average Bonchev–Trinajstić information content (AvgIpc) is 3.76. The third kappa shape index (κ3) is 5.68. The predicted octanol–water partition coefficient (Wildman–Crippen LogP) is 6.76. The number of fused-ring (bicyclic) bond motifs is 3. The molecule has 1 atom stereocenters. The highest BCUT2D eigenvalue weighted by molar-refractivity contribution is 9.10. The standard InChI is InChI=1S/C33H36BrN3O2/c1-2-37-30-6-4-3-5-28(30)29-19-23(7-14-31(29)37)22-35-15-17-36(18-16-35)33(39)21-26(20-32(38)25-8-9-25)24-10-12-27(34)13-11-24/h3-7,10-14,19,25-26H,2,8-9,15-18,20-22H2,1H3. The Morgan fingerprint density at radius 1 is 0.872 bits per heavy atom. The van der Waals surface area contributed by atoms with E-state index in [1.165, 1.54) is 27.4 Å². The number of carbonyl (C=O) groups is 2. The molecule has 39 heavy (non-hydrogen) atoms. The molecule has 0 bridgehead atoms. The lowest BCUT2D eigenvalue weighted by molar-refractivity contribution is -0.133. The quantitative estimate of drug-likeness (QED) is 0.218. The molecule has 5 nitrogen and oxygen atoms in total.